The molecule has 4 heteroatoms. The minimum Gasteiger partial charge on any atom is -0.491 e. The summed E-state index contributed by atoms with van der Waals surface area (Å²) in [6.45, 7) is 4.03. The predicted molar refractivity (Wildman–Crippen MR) is 61.9 cm³/mol. The maximum atomic E-state index is 10.8. The highest BCUT2D eigenvalue weighted by Crippen LogP contribution is 2.19. The standard InChI is InChI=1S/C12H17NO3/c1-8-4-5-9(2)11(6-8)16-7-10(13-3)12(14)15/h4-6,10,13H,7H2,1-3H3,(H,14,15). The average Bonchev–Trinajstić information content (AvgIpc) is 2.23. The van der Waals surface area contributed by atoms with Gasteiger partial charge in [0.05, 0.1) is 0 Å². The number of likely N-dealkylation sites (N-methyl/N-ethyl adjacent to an activating group) is 1. The molecular weight excluding hydrogens is 206 g/mol. The van der Waals surface area contributed by atoms with E-state index in [9.17, 15) is 4.79 Å². The summed E-state index contributed by atoms with van der Waals surface area (Å²) in [5.74, 6) is -0.172. The number of benzene rings is 1. The molecule has 0 amide bonds. The second-order valence-electron chi connectivity index (χ2n) is 3.76. The van der Waals surface area contributed by atoms with Gasteiger partial charge in [-0.15, -0.1) is 0 Å². The normalized spacial score (nSPS) is 12.2. The van der Waals surface area contributed by atoms with E-state index in [0.717, 1.165) is 16.9 Å². The Labute approximate surface area is 95.2 Å². The zero-order valence-electron chi connectivity index (χ0n) is 9.78. The van der Waals surface area contributed by atoms with Crippen LogP contribution in [0.1, 0.15) is 11.1 Å². The molecule has 88 valence electrons. The monoisotopic (exact) mass is 223 g/mol. The molecule has 0 aliphatic heterocycles. The van der Waals surface area contributed by atoms with Crippen LogP contribution in [0, 0.1) is 13.8 Å². The number of aryl methyl sites for hydroxylation is 2. The molecule has 0 bridgehead atoms. The summed E-state index contributed by atoms with van der Waals surface area (Å²) < 4.78 is 5.49. The van der Waals surface area contributed by atoms with E-state index in [-0.39, 0.29) is 6.61 Å². The van der Waals surface area contributed by atoms with Crippen molar-refractivity contribution in [2.45, 2.75) is 19.9 Å². The molecule has 1 rings (SSSR count). The van der Waals surface area contributed by atoms with Crippen LogP contribution in [0.3, 0.4) is 0 Å². The van der Waals surface area contributed by atoms with Crippen molar-refractivity contribution >= 4 is 5.97 Å². The number of carboxylic acid groups (broad SMARTS) is 1. The van der Waals surface area contributed by atoms with Crippen molar-refractivity contribution in [3.05, 3.63) is 29.3 Å². The summed E-state index contributed by atoms with van der Waals surface area (Å²) >= 11 is 0. The van der Waals surface area contributed by atoms with Gasteiger partial charge in [0, 0.05) is 0 Å². The third kappa shape index (κ3) is 3.24. The molecule has 0 spiro atoms. The Kier molecular flexibility index (Phi) is 4.31. The lowest BCUT2D eigenvalue weighted by atomic mass is 10.1. The Balaban J connectivity index is 2.66. The van der Waals surface area contributed by atoms with E-state index < -0.39 is 12.0 Å². The van der Waals surface area contributed by atoms with Crippen molar-refractivity contribution in [1.82, 2.24) is 5.32 Å². The first-order chi connectivity index (χ1) is 7.54. The number of hydrogen-bond acceptors (Lipinski definition) is 3. The molecule has 16 heavy (non-hydrogen) atoms. The van der Waals surface area contributed by atoms with Crippen LogP contribution in [0.5, 0.6) is 5.75 Å². The summed E-state index contributed by atoms with van der Waals surface area (Å²) in [7, 11) is 1.60. The molecule has 1 atom stereocenters. The van der Waals surface area contributed by atoms with E-state index >= 15 is 0 Å². The fraction of sp³-hybridized carbons (Fsp3) is 0.417. The topological polar surface area (TPSA) is 58.6 Å². The van der Waals surface area contributed by atoms with Crippen molar-refractivity contribution in [3.63, 3.8) is 0 Å². The number of nitrogens with one attached hydrogen (secondary N) is 1. The van der Waals surface area contributed by atoms with Gasteiger partial charge in [0.2, 0.25) is 0 Å². The lowest BCUT2D eigenvalue weighted by Gasteiger charge is -2.14. The molecule has 0 aliphatic carbocycles. The van der Waals surface area contributed by atoms with Crippen LogP contribution in [-0.2, 0) is 4.79 Å². The Morgan fingerprint density at radius 1 is 1.50 bits per heavy atom. The third-order valence-electron chi connectivity index (χ3n) is 2.40. The molecule has 1 aromatic carbocycles. The van der Waals surface area contributed by atoms with Crippen LogP contribution in [-0.4, -0.2) is 30.8 Å². The number of rotatable bonds is 5. The second-order valence-corrected chi connectivity index (χ2v) is 3.76. The van der Waals surface area contributed by atoms with Crippen LogP contribution in [0.4, 0.5) is 0 Å². The zero-order valence-corrected chi connectivity index (χ0v) is 9.78. The molecule has 0 aliphatic rings. The van der Waals surface area contributed by atoms with Gasteiger partial charge in [-0.1, -0.05) is 12.1 Å². The first-order valence-corrected chi connectivity index (χ1v) is 5.14. The van der Waals surface area contributed by atoms with Crippen molar-refractivity contribution in [3.8, 4) is 5.75 Å². The Bertz CT molecular complexity index is 377. The lowest BCUT2D eigenvalue weighted by molar-refractivity contribution is -0.140. The van der Waals surface area contributed by atoms with Crippen LogP contribution in [0.15, 0.2) is 18.2 Å². The molecular formula is C12H17NO3. The Hall–Kier alpha value is -1.55. The van der Waals surface area contributed by atoms with Crippen molar-refractivity contribution in [1.29, 1.82) is 0 Å². The van der Waals surface area contributed by atoms with Crippen LogP contribution in [0.25, 0.3) is 0 Å². The van der Waals surface area contributed by atoms with E-state index in [1.54, 1.807) is 7.05 Å². The smallest absolute Gasteiger partial charge is 0.324 e. The molecule has 0 heterocycles. The van der Waals surface area contributed by atoms with Crippen LogP contribution in [0.2, 0.25) is 0 Å². The third-order valence-corrected chi connectivity index (χ3v) is 2.40. The van der Waals surface area contributed by atoms with E-state index in [1.165, 1.54) is 0 Å². The van der Waals surface area contributed by atoms with Gasteiger partial charge in [0.25, 0.3) is 0 Å². The predicted octanol–water partition coefficient (Wildman–Crippen LogP) is 1.35. The van der Waals surface area contributed by atoms with Crippen LogP contribution >= 0.6 is 0 Å². The molecule has 1 aromatic rings. The van der Waals surface area contributed by atoms with Crippen molar-refractivity contribution in [2.75, 3.05) is 13.7 Å². The molecule has 0 saturated carbocycles. The molecule has 0 fully saturated rings. The summed E-state index contributed by atoms with van der Waals surface area (Å²) in [5.41, 5.74) is 2.10. The van der Waals surface area contributed by atoms with E-state index in [1.807, 2.05) is 32.0 Å². The summed E-state index contributed by atoms with van der Waals surface area (Å²) in [6.07, 6.45) is 0. The molecule has 2 N–H and O–H groups in total. The number of carboxylic acids is 1. The maximum absolute atomic E-state index is 10.8. The van der Waals surface area contributed by atoms with Gasteiger partial charge in [0.15, 0.2) is 0 Å². The van der Waals surface area contributed by atoms with Crippen LogP contribution < -0.4 is 10.1 Å². The van der Waals surface area contributed by atoms with Gasteiger partial charge < -0.3 is 15.2 Å². The molecule has 0 saturated heterocycles. The van der Waals surface area contributed by atoms with Crippen molar-refractivity contribution < 1.29 is 14.6 Å². The molecule has 0 radical (unpaired) electrons. The van der Waals surface area contributed by atoms with Gasteiger partial charge >= 0.3 is 5.97 Å². The molecule has 0 aromatic heterocycles. The van der Waals surface area contributed by atoms with E-state index in [0.29, 0.717) is 0 Å². The Morgan fingerprint density at radius 3 is 2.75 bits per heavy atom. The first-order valence-electron chi connectivity index (χ1n) is 5.14. The highest BCUT2D eigenvalue weighted by Gasteiger charge is 2.15. The van der Waals surface area contributed by atoms with Gasteiger partial charge in [-0.25, -0.2) is 0 Å². The van der Waals surface area contributed by atoms with Gasteiger partial charge in [-0.05, 0) is 38.1 Å². The average molecular weight is 223 g/mol. The number of hydrogen-bond donors (Lipinski definition) is 2. The van der Waals surface area contributed by atoms with E-state index in [4.69, 9.17) is 9.84 Å². The summed E-state index contributed by atoms with van der Waals surface area (Å²) in [5, 5.41) is 11.5. The minimum absolute atomic E-state index is 0.121. The number of carbonyl (C=O) groups is 1. The van der Waals surface area contributed by atoms with Gasteiger partial charge in [0.1, 0.15) is 18.4 Å². The fourth-order valence-corrected chi connectivity index (χ4v) is 1.31. The number of ether oxygens (including phenoxy) is 1. The van der Waals surface area contributed by atoms with Gasteiger partial charge in [-0.3, -0.25) is 4.79 Å². The number of aliphatic carboxylic acids is 1. The second kappa shape index (κ2) is 5.51. The minimum atomic E-state index is -0.909. The molecule has 1 unspecified atom stereocenters. The van der Waals surface area contributed by atoms with Gasteiger partial charge in [-0.2, -0.15) is 0 Å². The SMILES string of the molecule is CNC(COc1cc(C)ccc1C)C(=O)O. The lowest BCUT2D eigenvalue weighted by Crippen LogP contribution is -2.39. The van der Waals surface area contributed by atoms with Crippen molar-refractivity contribution in [2.24, 2.45) is 0 Å². The van der Waals surface area contributed by atoms with E-state index in [2.05, 4.69) is 5.32 Å². The fourth-order valence-electron chi connectivity index (χ4n) is 1.31. The molecule has 4 nitrogen and oxygen atoms in total. The quantitative estimate of drug-likeness (QED) is 0.791. The highest BCUT2D eigenvalue weighted by atomic mass is 16.5. The Morgan fingerprint density at radius 2 is 2.19 bits per heavy atom. The summed E-state index contributed by atoms with van der Waals surface area (Å²) in [6, 6.07) is 5.18. The summed E-state index contributed by atoms with van der Waals surface area (Å²) in [4.78, 5) is 10.8. The zero-order chi connectivity index (χ0) is 12.1. The largest absolute Gasteiger partial charge is 0.491 e. The maximum Gasteiger partial charge on any atom is 0.324 e. The highest BCUT2D eigenvalue weighted by molar-refractivity contribution is 5.73. The first kappa shape index (κ1) is 12.5.